The fraction of sp³-hybridized carbons (Fsp3) is 0.708. The topological polar surface area (TPSA) is 78.7 Å². The molecule has 0 fully saturated rings. The van der Waals surface area contributed by atoms with Gasteiger partial charge in [0.05, 0.1) is 17.1 Å². The lowest BCUT2D eigenvalue weighted by atomic mass is 9.92. The summed E-state index contributed by atoms with van der Waals surface area (Å²) >= 11 is 0. The van der Waals surface area contributed by atoms with Gasteiger partial charge in [-0.15, -0.1) is 0 Å². The van der Waals surface area contributed by atoms with Crippen molar-refractivity contribution in [3.63, 3.8) is 0 Å². The predicted molar refractivity (Wildman–Crippen MR) is 122 cm³/mol. The molecule has 6 nitrogen and oxygen atoms in total. The quantitative estimate of drug-likeness (QED) is 0.0584. The predicted octanol–water partition coefficient (Wildman–Crippen LogP) is 8.99. The van der Waals surface area contributed by atoms with Crippen LogP contribution in [0.1, 0.15) is 69.6 Å². The van der Waals surface area contributed by atoms with Crippen molar-refractivity contribution in [2.45, 2.75) is 101 Å². The number of alkyl halides is 13. The normalized spacial score (nSPS) is 14.4. The lowest BCUT2D eigenvalue weighted by Gasteiger charge is -2.39. The molecule has 0 heterocycles. The first kappa shape index (κ1) is 38.0. The summed E-state index contributed by atoms with van der Waals surface area (Å²) in [6.07, 6.45) is -10.6. The van der Waals surface area contributed by atoms with Gasteiger partial charge in [0.25, 0.3) is 5.69 Å². The monoisotopic (exact) mass is 655 g/mol. The van der Waals surface area contributed by atoms with Crippen molar-refractivity contribution in [3.8, 4) is 5.75 Å². The highest BCUT2D eigenvalue weighted by Gasteiger charge is 2.90. The van der Waals surface area contributed by atoms with Crippen molar-refractivity contribution >= 4 is 11.7 Å². The molecule has 1 aromatic rings. The highest BCUT2D eigenvalue weighted by Crippen LogP contribution is 2.60. The highest BCUT2D eigenvalue weighted by atomic mass is 19.4. The van der Waals surface area contributed by atoms with E-state index in [1.54, 1.807) is 0 Å². The van der Waals surface area contributed by atoms with Crippen LogP contribution < -0.4 is 4.74 Å². The molecule has 1 unspecified atom stereocenters. The standard InChI is InChI=1S/C24H26F13NO5/c1-4-5-6-8-18(39)43-14(3)15-12-17(13(2)11-16(15)38(40)41)42-10-7-9-19(25,26)20(27,28)21(29,30)22(31,32)23(33,34)24(35,36)37/h11-12,14H,4-10H2,1-3H3. The first-order valence-electron chi connectivity index (χ1n) is 12.4. The molecule has 0 N–H and O–H groups in total. The number of carbonyl (C=O) groups is 1. The third-order valence-electron chi connectivity index (χ3n) is 6.14. The lowest BCUT2D eigenvalue weighted by Crippen LogP contribution is -2.70. The van der Waals surface area contributed by atoms with Gasteiger partial charge in [-0.25, -0.2) is 0 Å². The average molecular weight is 655 g/mol. The summed E-state index contributed by atoms with van der Waals surface area (Å²) in [5.41, 5.74) is -0.864. The van der Waals surface area contributed by atoms with Crippen LogP contribution in [0, 0.1) is 17.0 Å². The second-order valence-electron chi connectivity index (χ2n) is 9.47. The Morgan fingerprint density at radius 2 is 1.40 bits per heavy atom. The summed E-state index contributed by atoms with van der Waals surface area (Å²) in [6.45, 7) is 3.25. The molecule has 0 saturated heterocycles. The maximum absolute atomic E-state index is 14.0. The number of carbonyl (C=O) groups excluding carboxylic acids is 1. The van der Waals surface area contributed by atoms with Gasteiger partial charge in [0.1, 0.15) is 11.9 Å². The number of hydrogen-bond donors (Lipinski definition) is 0. The smallest absolute Gasteiger partial charge is 0.460 e. The van der Waals surface area contributed by atoms with Crippen LogP contribution >= 0.6 is 0 Å². The molecule has 0 aliphatic carbocycles. The van der Waals surface area contributed by atoms with E-state index in [2.05, 4.69) is 0 Å². The number of nitro benzene ring substituents is 1. The second-order valence-corrected chi connectivity index (χ2v) is 9.47. The average Bonchev–Trinajstić information content (AvgIpc) is 2.85. The van der Waals surface area contributed by atoms with Gasteiger partial charge in [-0.1, -0.05) is 19.8 Å². The minimum Gasteiger partial charge on any atom is -0.493 e. The van der Waals surface area contributed by atoms with Gasteiger partial charge >= 0.3 is 41.8 Å². The zero-order chi connectivity index (χ0) is 33.8. The van der Waals surface area contributed by atoms with Gasteiger partial charge in [-0.05, 0) is 38.3 Å². The van der Waals surface area contributed by atoms with Gasteiger partial charge in [-0.3, -0.25) is 14.9 Å². The van der Waals surface area contributed by atoms with Crippen molar-refractivity contribution in [2.75, 3.05) is 6.61 Å². The summed E-state index contributed by atoms with van der Waals surface area (Å²) in [7, 11) is 0. The van der Waals surface area contributed by atoms with Crippen LogP contribution in [0.25, 0.3) is 0 Å². The van der Waals surface area contributed by atoms with E-state index < -0.39 is 77.9 Å². The number of esters is 1. The first-order valence-corrected chi connectivity index (χ1v) is 12.4. The Bertz CT molecular complexity index is 1140. The van der Waals surface area contributed by atoms with Crippen molar-refractivity contribution in [3.05, 3.63) is 33.4 Å². The zero-order valence-corrected chi connectivity index (χ0v) is 22.6. The lowest BCUT2D eigenvalue weighted by molar-refractivity contribution is -0.440. The van der Waals surface area contributed by atoms with Crippen molar-refractivity contribution in [1.29, 1.82) is 0 Å². The molecule has 0 radical (unpaired) electrons. The van der Waals surface area contributed by atoms with Crippen LogP contribution in [0.15, 0.2) is 12.1 Å². The number of hydrogen-bond acceptors (Lipinski definition) is 5. The molecule has 0 saturated carbocycles. The molecule has 0 spiro atoms. The Labute approximate surface area is 235 Å². The Kier molecular flexibility index (Phi) is 11.8. The van der Waals surface area contributed by atoms with E-state index in [9.17, 15) is 72.0 Å². The number of halogens is 13. The number of aryl methyl sites for hydroxylation is 1. The van der Waals surface area contributed by atoms with Crippen LogP contribution in [0.5, 0.6) is 5.75 Å². The van der Waals surface area contributed by atoms with Gasteiger partial charge < -0.3 is 9.47 Å². The molecular weight excluding hydrogens is 629 g/mol. The van der Waals surface area contributed by atoms with E-state index in [1.165, 1.54) is 13.8 Å². The third-order valence-corrected chi connectivity index (χ3v) is 6.14. The number of benzene rings is 1. The maximum Gasteiger partial charge on any atom is 0.460 e. The largest absolute Gasteiger partial charge is 0.493 e. The van der Waals surface area contributed by atoms with E-state index in [0.717, 1.165) is 18.6 Å². The Hall–Kier alpha value is -3.02. The highest BCUT2D eigenvalue weighted by molar-refractivity contribution is 5.70. The Balaban J connectivity index is 3.11. The van der Waals surface area contributed by atoms with E-state index in [-0.39, 0.29) is 23.3 Å². The Morgan fingerprint density at radius 3 is 1.88 bits per heavy atom. The number of unbranched alkanes of at least 4 members (excludes halogenated alkanes) is 2. The van der Waals surface area contributed by atoms with Crippen molar-refractivity contribution in [2.24, 2.45) is 0 Å². The summed E-state index contributed by atoms with van der Waals surface area (Å²) in [6, 6.07) is 1.86. The molecule has 0 amide bonds. The third kappa shape index (κ3) is 7.74. The minimum atomic E-state index is -7.98. The molecule has 43 heavy (non-hydrogen) atoms. The molecule has 1 rings (SSSR count). The summed E-state index contributed by atoms with van der Waals surface area (Å²) in [4.78, 5) is 22.6. The summed E-state index contributed by atoms with van der Waals surface area (Å²) in [5.74, 6) is -38.4. The Morgan fingerprint density at radius 1 is 0.860 bits per heavy atom. The van der Waals surface area contributed by atoms with Gasteiger partial charge in [0.15, 0.2) is 0 Å². The summed E-state index contributed by atoms with van der Waals surface area (Å²) < 4.78 is 182. The maximum atomic E-state index is 14.0. The van der Waals surface area contributed by atoms with Crippen LogP contribution in [-0.2, 0) is 9.53 Å². The summed E-state index contributed by atoms with van der Waals surface area (Å²) in [5, 5.41) is 11.5. The second kappa shape index (κ2) is 13.3. The molecule has 248 valence electrons. The number of nitro groups is 1. The fourth-order valence-electron chi connectivity index (χ4n) is 3.60. The van der Waals surface area contributed by atoms with Gasteiger partial charge in [0.2, 0.25) is 0 Å². The number of nitrogens with zero attached hydrogens (tertiary/aromatic N) is 1. The van der Waals surface area contributed by atoms with E-state index >= 15 is 0 Å². The molecular formula is C24H26F13NO5. The molecule has 0 bridgehead atoms. The molecule has 0 aliphatic heterocycles. The molecule has 0 aromatic heterocycles. The van der Waals surface area contributed by atoms with Gasteiger partial charge in [-0.2, -0.15) is 57.1 Å². The van der Waals surface area contributed by atoms with Crippen LogP contribution in [0.3, 0.4) is 0 Å². The van der Waals surface area contributed by atoms with Crippen LogP contribution in [0.4, 0.5) is 62.8 Å². The molecule has 19 heteroatoms. The van der Waals surface area contributed by atoms with Crippen molar-refractivity contribution in [1.82, 2.24) is 0 Å². The van der Waals surface area contributed by atoms with Crippen LogP contribution in [-0.4, -0.2) is 53.3 Å². The van der Waals surface area contributed by atoms with Crippen LogP contribution in [0.2, 0.25) is 0 Å². The molecule has 1 atom stereocenters. The van der Waals surface area contributed by atoms with E-state index in [4.69, 9.17) is 9.47 Å². The van der Waals surface area contributed by atoms with E-state index in [1.807, 2.05) is 6.92 Å². The fourth-order valence-corrected chi connectivity index (χ4v) is 3.60. The van der Waals surface area contributed by atoms with E-state index in [0.29, 0.717) is 12.8 Å². The molecule has 0 aliphatic rings. The van der Waals surface area contributed by atoms with Crippen molar-refractivity contribution < 1.29 is 76.3 Å². The first-order chi connectivity index (χ1) is 19.3. The number of ether oxygens (including phenoxy) is 2. The zero-order valence-electron chi connectivity index (χ0n) is 22.6. The number of rotatable bonds is 16. The SMILES string of the molecule is CCCCCC(=O)OC(C)c1cc(OCCCC(F)(F)C(F)(F)C(F)(F)C(F)(F)C(F)(F)C(F)(F)F)c(C)cc1[N+](=O)[O-]. The van der Waals surface area contributed by atoms with Gasteiger partial charge in [0, 0.05) is 18.9 Å². The molecule has 1 aromatic carbocycles. The minimum absolute atomic E-state index is 0.0150.